The Morgan fingerprint density at radius 1 is 1.17 bits per heavy atom. The van der Waals surface area contributed by atoms with Crippen molar-refractivity contribution in [2.24, 2.45) is 0 Å². The lowest BCUT2D eigenvalue weighted by molar-refractivity contribution is -0.231. The van der Waals surface area contributed by atoms with E-state index in [2.05, 4.69) is 15.5 Å². The first-order valence-corrected chi connectivity index (χ1v) is 16.3. The molecule has 3 fully saturated rings. The van der Waals surface area contributed by atoms with Crippen LogP contribution in [0.5, 0.6) is 0 Å². The van der Waals surface area contributed by atoms with Crippen LogP contribution in [0.4, 0.5) is 4.79 Å². The Hall–Kier alpha value is -3.34. The smallest absolute Gasteiger partial charge is 0.410 e. The first kappa shape index (κ1) is 37.5. The summed E-state index contributed by atoms with van der Waals surface area (Å²) in [6, 6.07) is 5.53. The highest BCUT2D eigenvalue weighted by atomic mass is 16.6. The minimum atomic E-state index is -2.01. The van der Waals surface area contributed by atoms with Crippen molar-refractivity contribution in [3.8, 4) is 0 Å². The average Bonchev–Trinajstić information content (AvgIpc) is 3.43. The van der Waals surface area contributed by atoms with Gasteiger partial charge in [-0.25, -0.2) is 9.59 Å². The zero-order valence-corrected chi connectivity index (χ0v) is 28.3. The molecule has 0 saturated carbocycles. The lowest BCUT2D eigenvalue weighted by Crippen LogP contribution is -2.68. The summed E-state index contributed by atoms with van der Waals surface area (Å²) in [5.74, 6) is -2.44. The Kier molecular flexibility index (Phi) is 11.8. The number of aryl methyl sites for hydroxylation is 1. The van der Waals surface area contributed by atoms with Crippen molar-refractivity contribution in [3.05, 3.63) is 35.4 Å². The number of ether oxygens (including phenoxy) is 3. The van der Waals surface area contributed by atoms with Crippen LogP contribution in [-0.4, -0.2) is 147 Å². The quantitative estimate of drug-likeness (QED) is 0.194. The maximum atomic E-state index is 12.9. The molecule has 1 aromatic carbocycles. The minimum Gasteiger partial charge on any atom is -0.479 e. The summed E-state index contributed by atoms with van der Waals surface area (Å²) in [7, 11) is 0. The molecular weight excluding hydrogens is 628 g/mol. The van der Waals surface area contributed by atoms with E-state index < -0.39 is 84.0 Å². The van der Waals surface area contributed by atoms with E-state index in [9.17, 15) is 39.6 Å². The number of nitrogens with zero attached hydrogens (tertiary/aromatic N) is 2. The lowest BCUT2D eigenvalue weighted by Gasteiger charge is -2.49. The van der Waals surface area contributed by atoms with Crippen molar-refractivity contribution in [2.45, 2.75) is 101 Å². The molecule has 0 aliphatic carbocycles. The summed E-state index contributed by atoms with van der Waals surface area (Å²) < 4.78 is 17.5. The highest BCUT2D eigenvalue weighted by Gasteiger charge is 2.55. The second kappa shape index (κ2) is 15.0. The predicted octanol–water partition coefficient (Wildman–Crippen LogP) is 0.0264. The number of likely N-dealkylation sites (tertiary alicyclic amines) is 1. The van der Waals surface area contributed by atoms with Gasteiger partial charge >= 0.3 is 12.1 Å². The molecule has 0 bridgehead atoms. The van der Waals surface area contributed by atoms with E-state index >= 15 is 0 Å². The van der Waals surface area contributed by atoms with Crippen molar-refractivity contribution >= 4 is 23.9 Å². The lowest BCUT2D eigenvalue weighted by atomic mass is 9.81. The van der Waals surface area contributed by atoms with Crippen molar-refractivity contribution in [2.75, 3.05) is 45.9 Å². The summed E-state index contributed by atoms with van der Waals surface area (Å²) in [4.78, 5) is 54.2. The number of carbonyl (C=O) groups is 4. The van der Waals surface area contributed by atoms with Gasteiger partial charge in [-0.15, -0.1) is 0 Å². The van der Waals surface area contributed by atoms with Gasteiger partial charge in [-0.05, 0) is 46.2 Å². The Bertz CT molecular complexity index is 1340. The molecule has 6 N–H and O–H groups in total. The van der Waals surface area contributed by atoms with Gasteiger partial charge < -0.3 is 50.2 Å². The monoisotopic (exact) mass is 678 g/mol. The van der Waals surface area contributed by atoms with E-state index in [-0.39, 0.29) is 13.0 Å². The molecule has 1 spiro atoms. The van der Waals surface area contributed by atoms with Gasteiger partial charge in [0.05, 0.1) is 37.0 Å². The van der Waals surface area contributed by atoms with Crippen LogP contribution in [0.1, 0.15) is 62.9 Å². The van der Waals surface area contributed by atoms with Gasteiger partial charge in [0, 0.05) is 58.1 Å². The van der Waals surface area contributed by atoms with E-state index in [1.165, 1.54) is 6.92 Å². The predicted molar refractivity (Wildman–Crippen MR) is 171 cm³/mol. The molecule has 4 rings (SSSR count). The molecule has 1 aromatic rings. The number of rotatable bonds is 10. The Labute approximate surface area is 280 Å². The van der Waals surface area contributed by atoms with Crippen LogP contribution in [0.3, 0.4) is 0 Å². The number of carbonyl (C=O) groups excluding carboxylic acids is 3. The van der Waals surface area contributed by atoms with Crippen LogP contribution >= 0.6 is 0 Å². The third-order valence-electron chi connectivity index (χ3n) is 9.23. The number of aliphatic hydroxyl groups is 3. The molecule has 15 heteroatoms. The maximum absolute atomic E-state index is 12.9. The van der Waals surface area contributed by atoms with E-state index in [0.717, 1.165) is 5.56 Å². The number of aliphatic hydroxyl groups excluding tert-OH is 3. The summed E-state index contributed by atoms with van der Waals surface area (Å²) >= 11 is 0. The largest absolute Gasteiger partial charge is 0.479 e. The van der Waals surface area contributed by atoms with Gasteiger partial charge in [0.1, 0.15) is 17.8 Å². The molecule has 48 heavy (non-hydrogen) atoms. The number of hydrogen-bond acceptors (Lipinski definition) is 11. The van der Waals surface area contributed by atoms with Gasteiger partial charge in [-0.2, -0.15) is 0 Å². The normalized spacial score (nSPS) is 29.2. The zero-order valence-electron chi connectivity index (χ0n) is 28.3. The van der Waals surface area contributed by atoms with Crippen LogP contribution in [-0.2, 0) is 23.8 Å². The number of hydrogen-bond donors (Lipinski definition) is 6. The molecule has 0 radical (unpaired) electrons. The van der Waals surface area contributed by atoms with Crippen LogP contribution < -0.4 is 10.6 Å². The van der Waals surface area contributed by atoms with Crippen molar-refractivity contribution in [3.63, 3.8) is 0 Å². The number of aliphatic carboxylic acids is 1. The van der Waals surface area contributed by atoms with Crippen molar-refractivity contribution in [1.29, 1.82) is 0 Å². The fraction of sp³-hybridized carbons (Fsp3) is 0.697. The van der Waals surface area contributed by atoms with Gasteiger partial charge in [-0.1, -0.05) is 17.7 Å². The summed E-state index contributed by atoms with van der Waals surface area (Å²) in [6.45, 7) is 10.1. The number of benzene rings is 1. The van der Waals surface area contributed by atoms with Crippen molar-refractivity contribution < 1.29 is 53.8 Å². The summed E-state index contributed by atoms with van der Waals surface area (Å²) in [5.41, 5.74) is -2.07. The topological polar surface area (TPSA) is 207 Å². The van der Waals surface area contributed by atoms with Crippen molar-refractivity contribution in [1.82, 2.24) is 20.4 Å². The van der Waals surface area contributed by atoms with Gasteiger partial charge in [0.2, 0.25) is 5.91 Å². The standard InChI is InChI=1S/C33H50N4O11/c1-20-7-6-8-22(15-20)28(42)34-17-24(40)26(41)27-25(35-21(2)38)23(39)16-33(47-27,29(43)44)10-12-37-13-14-46-19-32(37)9-11-36(18-32)30(45)48-31(3,4)5/h6-8,15,23-27,39-41H,9-14,16-19H2,1-5H3,(H,34,42)(H,35,38)(H,43,44)/t23-,24+,25+,26+,27+,32-,33+/m0/s1. The molecule has 0 unspecified atom stereocenters. The molecule has 3 aliphatic rings. The molecule has 3 aliphatic heterocycles. The number of carboxylic acids is 1. The third-order valence-corrected chi connectivity index (χ3v) is 9.23. The molecular formula is C33H50N4O11. The maximum Gasteiger partial charge on any atom is 0.410 e. The van der Waals surface area contributed by atoms with Gasteiger partial charge in [-0.3, -0.25) is 14.5 Å². The molecule has 3 amide bonds. The first-order chi connectivity index (χ1) is 22.4. The minimum absolute atomic E-state index is 0.121. The van der Waals surface area contributed by atoms with E-state index in [1.54, 1.807) is 43.9 Å². The summed E-state index contributed by atoms with van der Waals surface area (Å²) in [6.07, 6.45) is -6.85. The summed E-state index contributed by atoms with van der Waals surface area (Å²) in [5, 5.41) is 49.0. The van der Waals surface area contributed by atoms with E-state index in [4.69, 9.17) is 14.2 Å². The van der Waals surface area contributed by atoms with Crippen LogP contribution in [0, 0.1) is 6.92 Å². The van der Waals surface area contributed by atoms with E-state index in [1.807, 2.05) is 13.0 Å². The highest BCUT2D eigenvalue weighted by molar-refractivity contribution is 5.94. The van der Waals surface area contributed by atoms with E-state index in [0.29, 0.717) is 44.8 Å². The number of carboxylic acid groups (broad SMARTS) is 1. The Morgan fingerprint density at radius 2 is 1.90 bits per heavy atom. The fourth-order valence-electron chi connectivity index (χ4n) is 6.74. The molecule has 15 nitrogen and oxygen atoms in total. The molecule has 268 valence electrons. The molecule has 3 heterocycles. The number of morpholine rings is 1. The van der Waals surface area contributed by atoms with Gasteiger partial charge in [0.15, 0.2) is 5.60 Å². The highest BCUT2D eigenvalue weighted by Crippen LogP contribution is 2.38. The second-order valence-electron chi connectivity index (χ2n) is 14.2. The molecule has 3 saturated heterocycles. The Morgan fingerprint density at radius 3 is 2.54 bits per heavy atom. The fourth-order valence-corrected chi connectivity index (χ4v) is 6.74. The van der Waals surface area contributed by atoms with Crippen LogP contribution in [0.25, 0.3) is 0 Å². The van der Waals surface area contributed by atoms with Gasteiger partial charge in [0.25, 0.3) is 5.91 Å². The van der Waals surface area contributed by atoms with Crippen LogP contribution in [0.2, 0.25) is 0 Å². The Balaban J connectivity index is 1.50. The number of nitrogens with one attached hydrogen (secondary N) is 2. The first-order valence-electron chi connectivity index (χ1n) is 16.3. The SMILES string of the molecule is CC(=O)N[C@H]1[C@H]([C@H](O)[C@H](O)CNC(=O)c2cccc(C)c2)O[C@@](CCN2CCOC[C@@]23CCN(C(=O)OC(C)(C)C)C3)(C(=O)O)C[C@@H]1O. The van der Waals surface area contributed by atoms with Crippen LogP contribution in [0.15, 0.2) is 24.3 Å². The molecule has 7 atom stereocenters. The average molecular weight is 679 g/mol. The second-order valence-corrected chi connectivity index (χ2v) is 14.2. The third kappa shape index (κ3) is 8.81. The zero-order chi connectivity index (χ0) is 35.4. The molecule has 0 aromatic heterocycles. The number of amides is 3.